The average Bonchev–Trinajstić information content (AvgIpc) is 3.18. The van der Waals surface area contributed by atoms with Gasteiger partial charge in [0.1, 0.15) is 11.5 Å². The van der Waals surface area contributed by atoms with Gasteiger partial charge in [-0.15, -0.1) is 5.10 Å². The number of rotatable bonds is 2. The van der Waals surface area contributed by atoms with Crippen LogP contribution in [0.3, 0.4) is 0 Å². The minimum Gasteiger partial charge on any atom is -0.508 e. The number of aromatic nitrogens is 4. The Bertz CT molecular complexity index is 915. The van der Waals surface area contributed by atoms with Gasteiger partial charge in [0.25, 0.3) is 0 Å². The van der Waals surface area contributed by atoms with Crippen molar-refractivity contribution in [1.29, 1.82) is 0 Å². The third-order valence-electron chi connectivity index (χ3n) is 3.48. The van der Waals surface area contributed by atoms with Crippen LogP contribution in [0.15, 0.2) is 48.2 Å². The first-order valence-electron chi connectivity index (χ1n) is 6.82. The molecule has 0 aliphatic carbocycles. The number of benzene rings is 2. The van der Waals surface area contributed by atoms with Crippen LogP contribution in [-0.2, 0) is 0 Å². The lowest BCUT2D eigenvalue weighted by atomic mass is 10.1. The van der Waals surface area contributed by atoms with E-state index in [4.69, 9.17) is 4.74 Å². The second kappa shape index (κ2) is 5.06. The Morgan fingerprint density at radius 2 is 1.96 bits per heavy atom. The number of Topliss-reactive ketones (excluding diaryl/α,β-unsaturated/α-hetero) is 1. The van der Waals surface area contributed by atoms with Crippen molar-refractivity contribution in [3.8, 4) is 22.9 Å². The first-order valence-corrected chi connectivity index (χ1v) is 6.82. The smallest absolute Gasteiger partial charge is 0.231 e. The molecule has 1 aromatic heterocycles. The standard InChI is InChI=1S/C16H10N4O3/c21-11-5-6-12-13(8-11)23-14(15(12)22)7-9-1-3-10(4-2-9)16-17-19-20-18-16/h1-8,21H,(H,17,18,19,20)/b14-7-. The molecule has 7 heteroatoms. The number of aromatic amines is 1. The monoisotopic (exact) mass is 306 g/mol. The van der Waals surface area contributed by atoms with Gasteiger partial charge in [-0.25, -0.2) is 5.10 Å². The highest BCUT2D eigenvalue weighted by molar-refractivity contribution is 6.14. The summed E-state index contributed by atoms with van der Waals surface area (Å²) < 4.78 is 5.52. The fraction of sp³-hybridized carbons (Fsp3) is 0. The molecule has 0 unspecified atom stereocenters. The van der Waals surface area contributed by atoms with Crippen molar-refractivity contribution >= 4 is 11.9 Å². The van der Waals surface area contributed by atoms with E-state index in [1.165, 1.54) is 12.1 Å². The molecule has 112 valence electrons. The summed E-state index contributed by atoms with van der Waals surface area (Å²) in [6.07, 6.45) is 1.65. The van der Waals surface area contributed by atoms with E-state index >= 15 is 0 Å². The molecule has 1 aliphatic heterocycles. The van der Waals surface area contributed by atoms with E-state index < -0.39 is 0 Å². The highest BCUT2D eigenvalue weighted by Crippen LogP contribution is 2.34. The van der Waals surface area contributed by atoms with Gasteiger partial charge in [-0.05, 0) is 34.2 Å². The number of nitrogens with one attached hydrogen (secondary N) is 1. The minimum atomic E-state index is -0.205. The average molecular weight is 306 g/mol. The molecule has 3 aromatic rings. The molecule has 2 aromatic carbocycles. The van der Waals surface area contributed by atoms with E-state index in [1.807, 2.05) is 24.3 Å². The summed E-state index contributed by atoms with van der Waals surface area (Å²) in [5, 5.41) is 23.0. The number of H-pyrrole nitrogens is 1. The molecular weight excluding hydrogens is 296 g/mol. The van der Waals surface area contributed by atoms with E-state index in [1.54, 1.807) is 12.1 Å². The lowest BCUT2D eigenvalue weighted by Crippen LogP contribution is -1.97. The summed E-state index contributed by atoms with van der Waals surface area (Å²) in [6.45, 7) is 0. The lowest BCUT2D eigenvalue weighted by molar-refractivity contribution is 0.101. The van der Waals surface area contributed by atoms with Gasteiger partial charge in [-0.3, -0.25) is 4.79 Å². The van der Waals surface area contributed by atoms with Crippen LogP contribution in [0.25, 0.3) is 17.5 Å². The normalized spacial score (nSPS) is 14.8. The molecule has 0 spiro atoms. The molecule has 1 aliphatic rings. The van der Waals surface area contributed by atoms with Crippen molar-refractivity contribution in [3.05, 3.63) is 59.4 Å². The van der Waals surface area contributed by atoms with Crippen LogP contribution in [-0.4, -0.2) is 31.5 Å². The Morgan fingerprint density at radius 3 is 2.70 bits per heavy atom. The second-order valence-corrected chi connectivity index (χ2v) is 4.99. The summed E-state index contributed by atoms with van der Waals surface area (Å²) in [7, 11) is 0. The molecule has 0 radical (unpaired) electrons. The minimum absolute atomic E-state index is 0.0582. The number of fused-ring (bicyclic) bond motifs is 1. The van der Waals surface area contributed by atoms with Crippen molar-refractivity contribution in [2.45, 2.75) is 0 Å². The van der Waals surface area contributed by atoms with E-state index in [0.29, 0.717) is 17.1 Å². The zero-order valence-electron chi connectivity index (χ0n) is 11.7. The van der Waals surface area contributed by atoms with Crippen LogP contribution >= 0.6 is 0 Å². The number of phenolic OH excluding ortho intramolecular Hbond substituents is 1. The Balaban J connectivity index is 1.63. The Labute approximate surface area is 130 Å². The van der Waals surface area contributed by atoms with Crippen LogP contribution in [0.4, 0.5) is 0 Å². The quantitative estimate of drug-likeness (QED) is 0.704. The third kappa shape index (κ3) is 2.34. The van der Waals surface area contributed by atoms with Crippen LogP contribution in [0, 0.1) is 0 Å². The summed E-state index contributed by atoms with van der Waals surface area (Å²) in [4.78, 5) is 12.3. The molecule has 0 fully saturated rings. The fourth-order valence-corrected chi connectivity index (χ4v) is 2.35. The number of aromatic hydroxyl groups is 1. The maximum Gasteiger partial charge on any atom is 0.231 e. The third-order valence-corrected chi connectivity index (χ3v) is 3.48. The zero-order valence-corrected chi connectivity index (χ0v) is 11.7. The van der Waals surface area contributed by atoms with Crippen molar-refractivity contribution < 1.29 is 14.6 Å². The van der Waals surface area contributed by atoms with Crippen molar-refractivity contribution in [2.24, 2.45) is 0 Å². The van der Waals surface area contributed by atoms with Crippen LogP contribution in [0.5, 0.6) is 11.5 Å². The number of tetrazole rings is 1. The summed E-state index contributed by atoms with van der Waals surface area (Å²) in [5.41, 5.74) is 2.09. The van der Waals surface area contributed by atoms with Crippen LogP contribution in [0.2, 0.25) is 0 Å². The van der Waals surface area contributed by atoms with Crippen molar-refractivity contribution in [1.82, 2.24) is 20.6 Å². The largest absolute Gasteiger partial charge is 0.508 e. The number of hydrogen-bond acceptors (Lipinski definition) is 6. The Kier molecular flexibility index (Phi) is 2.90. The van der Waals surface area contributed by atoms with Gasteiger partial charge in [-0.1, -0.05) is 24.3 Å². The number of ketones is 1. The zero-order chi connectivity index (χ0) is 15.8. The number of carbonyl (C=O) groups is 1. The van der Waals surface area contributed by atoms with E-state index in [-0.39, 0.29) is 17.3 Å². The second-order valence-electron chi connectivity index (χ2n) is 4.99. The maximum absolute atomic E-state index is 12.3. The first-order chi connectivity index (χ1) is 11.2. The summed E-state index contributed by atoms with van der Waals surface area (Å²) >= 11 is 0. The fourth-order valence-electron chi connectivity index (χ4n) is 2.35. The molecule has 2 N–H and O–H groups in total. The number of nitrogens with zero attached hydrogens (tertiary/aromatic N) is 3. The molecule has 0 bridgehead atoms. The molecule has 0 atom stereocenters. The summed E-state index contributed by atoms with van der Waals surface area (Å²) in [6, 6.07) is 11.8. The van der Waals surface area contributed by atoms with Crippen molar-refractivity contribution in [3.63, 3.8) is 0 Å². The molecule has 2 heterocycles. The number of phenols is 1. The molecule has 7 nitrogen and oxygen atoms in total. The molecular formula is C16H10N4O3. The Hall–Kier alpha value is -3.48. The lowest BCUT2D eigenvalue weighted by Gasteiger charge is -2.00. The van der Waals surface area contributed by atoms with Gasteiger partial charge in [0.2, 0.25) is 5.78 Å². The highest BCUT2D eigenvalue weighted by atomic mass is 16.5. The number of carbonyl (C=O) groups excluding carboxylic acids is 1. The molecule has 0 saturated carbocycles. The van der Waals surface area contributed by atoms with Gasteiger partial charge >= 0.3 is 0 Å². The van der Waals surface area contributed by atoms with Gasteiger partial charge in [0.15, 0.2) is 11.6 Å². The van der Waals surface area contributed by atoms with Crippen LogP contribution in [0.1, 0.15) is 15.9 Å². The van der Waals surface area contributed by atoms with Crippen LogP contribution < -0.4 is 4.74 Å². The number of hydrogen-bond donors (Lipinski definition) is 2. The van der Waals surface area contributed by atoms with E-state index in [2.05, 4.69) is 20.6 Å². The number of ether oxygens (including phenoxy) is 1. The van der Waals surface area contributed by atoms with Gasteiger partial charge in [-0.2, -0.15) is 0 Å². The maximum atomic E-state index is 12.3. The summed E-state index contributed by atoms with van der Waals surface area (Å²) in [5.74, 6) is 1.01. The molecule has 0 saturated heterocycles. The van der Waals surface area contributed by atoms with E-state index in [0.717, 1.165) is 11.1 Å². The van der Waals surface area contributed by atoms with Gasteiger partial charge < -0.3 is 9.84 Å². The van der Waals surface area contributed by atoms with Gasteiger partial charge in [0, 0.05) is 11.6 Å². The Morgan fingerprint density at radius 1 is 1.13 bits per heavy atom. The van der Waals surface area contributed by atoms with Gasteiger partial charge in [0.05, 0.1) is 5.56 Å². The first kappa shape index (κ1) is 13.2. The molecule has 0 amide bonds. The SMILES string of the molecule is O=C1/C(=C/c2ccc(-c3nnn[nH]3)cc2)Oc2cc(O)ccc21. The molecule has 4 rings (SSSR count). The predicted molar refractivity (Wildman–Crippen MR) is 80.7 cm³/mol. The predicted octanol–water partition coefficient (Wildman–Crippen LogP) is 2.19. The molecule has 23 heavy (non-hydrogen) atoms. The van der Waals surface area contributed by atoms with E-state index in [9.17, 15) is 9.90 Å². The van der Waals surface area contributed by atoms with Crippen molar-refractivity contribution in [2.75, 3.05) is 0 Å². The topological polar surface area (TPSA) is 101 Å². The highest BCUT2D eigenvalue weighted by Gasteiger charge is 2.27. The number of allylic oxidation sites excluding steroid dienone is 1.